The lowest BCUT2D eigenvalue weighted by Gasteiger charge is -2.35. The maximum atomic E-state index is 12.8. The van der Waals surface area contributed by atoms with Crippen LogP contribution in [-0.2, 0) is 0 Å². The number of rotatable bonds is 3. The second kappa shape index (κ2) is 6.13. The molecule has 0 saturated carbocycles. The van der Waals surface area contributed by atoms with E-state index in [9.17, 15) is 4.39 Å². The van der Waals surface area contributed by atoms with Gasteiger partial charge in [-0.2, -0.15) is 0 Å². The van der Waals surface area contributed by atoms with Crippen molar-refractivity contribution in [1.82, 2.24) is 19.9 Å². The predicted molar refractivity (Wildman–Crippen MR) is 79.5 cm³/mol. The number of pyridine rings is 1. The summed E-state index contributed by atoms with van der Waals surface area (Å²) >= 11 is 0. The van der Waals surface area contributed by atoms with Crippen molar-refractivity contribution in [2.45, 2.75) is 6.92 Å². The van der Waals surface area contributed by atoms with Gasteiger partial charge in [0.1, 0.15) is 5.69 Å². The fourth-order valence-corrected chi connectivity index (χ4v) is 2.47. The number of likely N-dealkylation sites (N-methyl/N-ethyl adjacent to an activating group) is 1. The predicted octanol–water partition coefficient (Wildman–Crippen LogP) is 1.82. The second-order valence-electron chi connectivity index (χ2n) is 5.05. The Labute approximate surface area is 123 Å². The van der Waals surface area contributed by atoms with Crippen LogP contribution in [0.4, 0.5) is 10.1 Å². The molecule has 0 atom stereocenters. The lowest BCUT2D eigenvalue weighted by molar-refractivity contribution is 0.271. The van der Waals surface area contributed by atoms with Gasteiger partial charge in [-0.15, -0.1) is 0 Å². The fourth-order valence-electron chi connectivity index (χ4n) is 2.47. The number of hydrogen-bond acceptors (Lipinski definition) is 5. The van der Waals surface area contributed by atoms with Crippen LogP contribution in [0.2, 0.25) is 0 Å². The molecule has 110 valence electrons. The summed E-state index contributed by atoms with van der Waals surface area (Å²) in [6.45, 7) is 7.49. The monoisotopic (exact) mass is 287 g/mol. The number of aromatic nitrogens is 3. The van der Waals surface area contributed by atoms with Gasteiger partial charge in [0.2, 0.25) is 0 Å². The van der Waals surface area contributed by atoms with Crippen LogP contribution in [0.1, 0.15) is 6.92 Å². The lowest BCUT2D eigenvalue weighted by atomic mass is 10.2. The van der Waals surface area contributed by atoms with Gasteiger partial charge in [-0.1, -0.05) is 6.92 Å². The van der Waals surface area contributed by atoms with E-state index in [0.717, 1.165) is 50.8 Å². The van der Waals surface area contributed by atoms with E-state index in [1.165, 1.54) is 0 Å². The first-order valence-electron chi connectivity index (χ1n) is 7.17. The highest BCUT2D eigenvalue weighted by Gasteiger charge is 2.16. The van der Waals surface area contributed by atoms with Crippen LogP contribution in [-0.4, -0.2) is 52.6 Å². The fraction of sp³-hybridized carbons (Fsp3) is 0.400. The Bertz CT molecular complexity index is 576. The Hall–Kier alpha value is -2.08. The van der Waals surface area contributed by atoms with Gasteiger partial charge in [-0.05, 0) is 18.7 Å². The SMILES string of the molecule is CCN1CCN(c2ccc(-c3ncc(F)cn3)nc2)CC1. The number of hydrogen-bond donors (Lipinski definition) is 0. The van der Waals surface area contributed by atoms with Gasteiger partial charge in [-0.25, -0.2) is 14.4 Å². The van der Waals surface area contributed by atoms with E-state index in [2.05, 4.69) is 31.7 Å². The quantitative estimate of drug-likeness (QED) is 0.861. The minimum Gasteiger partial charge on any atom is -0.368 e. The molecule has 0 amide bonds. The van der Waals surface area contributed by atoms with Crippen molar-refractivity contribution in [2.75, 3.05) is 37.6 Å². The molecule has 0 aliphatic carbocycles. The zero-order valence-corrected chi connectivity index (χ0v) is 12.0. The van der Waals surface area contributed by atoms with Gasteiger partial charge in [0.05, 0.1) is 24.3 Å². The molecular weight excluding hydrogens is 269 g/mol. The average molecular weight is 287 g/mol. The lowest BCUT2D eigenvalue weighted by Crippen LogP contribution is -2.46. The molecule has 2 aromatic heterocycles. The van der Waals surface area contributed by atoms with E-state index >= 15 is 0 Å². The molecule has 1 fully saturated rings. The molecule has 3 rings (SSSR count). The van der Waals surface area contributed by atoms with Gasteiger partial charge >= 0.3 is 0 Å². The average Bonchev–Trinajstić information content (AvgIpc) is 2.56. The van der Waals surface area contributed by atoms with Crippen LogP contribution in [0.25, 0.3) is 11.5 Å². The van der Waals surface area contributed by atoms with Gasteiger partial charge in [0.25, 0.3) is 0 Å². The van der Waals surface area contributed by atoms with Crippen molar-refractivity contribution in [1.29, 1.82) is 0 Å². The standard InChI is InChI=1S/C15H18FN5/c1-2-20-5-7-21(8-6-20)13-3-4-14(17-11-13)15-18-9-12(16)10-19-15/h3-4,9-11H,2,5-8H2,1H3. The van der Waals surface area contributed by atoms with Crippen LogP contribution in [0.5, 0.6) is 0 Å². The summed E-state index contributed by atoms with van der Waals surface area (Å²) in [5.74, 6) is 0.00270. The van der Waals surface area contributed by atoms with Crippen LogP contribution < -0.4 is 4.90 Å². The van der Waals surface area contributed by atoms with Crippen molar-refractivity contribution in [2.24, 2.45) is 0 Å². The zero-order valence-electron chi connectivity index (χ0n) is 12.0. The van der Waals surface area contributed by atoms with E-state index < -0.39 is 5.82 Å². The molecule has 1 aliphatic heterocycles. The van der Waals surface area contributed by atoms with Crippen LogP contribution in [0.3, 0.4) is 0 Å². The number of halogens is 1. The molecule has 0 aromatic carbocycles. The van der Waals surface area contributed by atoms with E-state index in [0.29, 0.717) is 11.5 Å². The molecule has 0 unspecified atom stereocenters. The van der Waals surface area contributed by atoms with Crippen LogP contribution in [0, 0.1) is 5.82 Å². The minimum atomic E-state index is -0.441. The second-order valence-corrected chi connectivity index (χ2v) is 5.05. The highest BCUT2D eigenvalue weighted by molar-refractivity contribution is 5.54. The zero-order chi connectivity index (χ0) is 14.7. The molecule has 1 saturated heterocycles. The molecule has 0 N–H and O–H groups in total. The third-order valence-electron chi connectivity index (χ3n) is 3.78. The summed E-state index contributed by atoms with van der Waals surface area (Å²) in [4.78, 5) is 17.0. The van der Waals surface area contributed by atoms with Gasteiger partial charge in [0, 0.05) is 26.2 Å². The largest absolute Gasteiger partial charge is 0.368 e. The van der Waals surface area contributed by atoms with Gasteiger partial charge in [0.15, 0.2) is 11.6 Å². The van der Waals surface area contributed by atoms with Crippen molar-refractivity contribution < 1.29 is 4.39 Å². The van der Waals surface area contributed by atoms with E-state index in [4.69, 9.17) is 0 Å². The first-order chi connectivity index (χ1) is 10.3. The van der Waals surface area contributed by atoms with E-state index in [1.807, 2.05) is 18.3 Å². The third-order valence-corrected chi connectivity index (χ3v) is 3.78. The Kier molecular flexibility index (Phi) is 4.06. The topological polar surface area (TPSA) is 45.2 Å². The minimum absolute atomic E-state index is 0.441. The van der Waals surface area contributed by atoms with Crippen molar-refractivity contribution in [3.8, 4) is 11.5 Å². The molecule has 3 heterocycles. The summed E-state index contributed by atoms with van der Waals surface area (Å²) < 4.78 is 12.8. The normalized spacial score (nSPS) is 16.2. The van der Waals surface area contributed by atoms with Gasteiger partial charge in [-0.3, -0.25) is 4.98 Å². The van der Waals surface area contributed by atoms with Crippen molar-refractivity contribution in [3.63, 3.8) is 0 Å². The van der Waals surface area contributed by atoms with Crippen molar-refractivity contribution in [3.05, 3.63) is 36.5 Å². The molecule has 21 heavy (non-hydrogen) atoms. The molecule has 1 aliphatic rings. The summed E-state index contributed by atoms with van der Waals surface area (Å²) in [6.07, 6.45) is 4.15. The first kappa shape index (κ1) is 13.9. The number of nitrogens with zero attached hydrogens (tertiary/aromatic N) is 5. The Balaban J connectivity index is 1.71. The van der Waals surface area contributed by atoms with E-state index in [-0.39, 0.29) is 0 Å². The Morgan fingerprint density at radius 2 is 1.71 bits per heavy atom. The van der Waals surface area contributed by atoms with Gasteiger partial charge < -0.3 is 9.80 Å². The molecule has 5 nitrogen and oxygen atoms in total. The smallest absolute Gasteiger partial charge is 0.178 e. The summed E-state index contributed by atoms with van der Waals surface area (Å²) in [5.41, 5.74) is 1.77. The van der Waals surface area contributed by atoms with Crippen LogP contribution >= 0.6 is 0 Å². The molecule has 0 radical (unpaired) electrons. The van der Waals surface area contributed by atoms with Crippen LogP contribution in [0.15, 0.2) is 30.7 Å². The van der Waals surface area contributed by atoms with Crippen molar-refractivity contribution >= 4 is 5.69 Å². The summed E-state index contributed by atoms with van der Waals surface area (Å²) in [6, 6.07) is 3.91. The summed E-state index contributed by atoms with van der Waals surface area (Å²) in [7, 11) is 0. The number of piperazine rings is 1. The first-order valence-corrected chi connectivity index (χ1v) is 7.17. The maximum absolute atomic E-state index is 12.8. The molecule has 6 heteroatoms. The van der Waals surface area contributed by atoms with E-state index in [1.54, 1.807) is 0 Å². The molecule has 0 spiro atoms. The Morgan fingerprint density at radius 3 is 2.29 bits per heavy atom. The summed E-state index contributed by atoms with van der Waals surface area (Å²) in [5, 5.41) is 0. The molecule has 2 aromatic rings. The Morgan fingerprint density at radius 1 is 1.00 bits per heavy atom. The number of anilines is 1. The highest BCUT2D eigenvalue weighted by atomic mass is 19.1. The molecular formula is C15H18FN5. The molecule has 0 bridgehead atoms. The highest BCUT2D eigenvalue weighted by Crippen LogP contribution is 2.19. The third kappa shape index (κ3) is 3.16. The maximum Gasteiger partial charge on any atom is 0.178 e.